The van der Waals surface area contributed by atoms with Gasteiger partial charge in [0.25, 0.3) is 0 Å². The summed E-state index contributed by atoms with van der Waals surface area (Å²) < 4.78 is 2.03. The van der Waals surface area contributed by atoms with Gasteiger partial charge >= 0.3 is 0 Å². The van der Waals surface area contributed by atoms with Gasteiger partial charge in [0.05, 0.1) is 6.61 Å². The summed E-state index contributed by atoms with van der Waals surface area (Å²) >= 11 is 1.70. The van der Waals surface area contributed by atoms with E-state index in [1.165, 1.54) is 0 Å². The lowest BCUT2D eigenvalue weighted by molar-refractivity contribution is 0.276. The van der Waals surface area contributed by atoms with Gasteiger partial charge in [-0.25, -0.2) is 4.98 Å². The molecule has 0 saturated carbocycles. The number of aromatic nitrogens is 2. The van der Waals surface area contributed by atoms with E-state index in [2.05, 4.69) is 17.2 Å². The Morgan fingerprint density at radius 1 is 1.62 bits per heavy atom. The SMILES string of the molecule is CSC(CO)C(C)NCCc1nccn1C. The monoisotopic (exact) mass is 243 g/mol. The summed E-state index contributed by atoms with van der Waals surface area (Å²) in [5, 5.41) is 12.8. The van der Waals surface area contributed by atoms with Crippen LogP contribution in [-0.2, 0) is 13.5 Å². The quantitative estimate of drug-likeness (QED) is 0.739. The van der Waals surface area contributed by atoms with Crippen LogP contribution in [0.3, 0.4) is 0 Å². The molecule has 92 valence electrons. The molecule has 1 aromatic rings. The molecule has 0 saturated heterocycles. The largest absolute Gasteiger partial charge is 0.395 e. The molecule has 2 atom stereocenters. The van der Waals surface area contributed by atoms with Gasteiger partial charge in [-0.15, -0.1) is 0 Å². The average molecular weight is 243 g/mol. The molecule has 0 aromatic carbocycles. The van der Waals surface area contributed by atoms with Crippen LogP contribution in [0.15, 0.2) is 12.4 Å². The van der Waals surface area contributed by atoms with E-state index in [1.54, 1.807) is 11.8 Å². The van der Waals surface area contributed by atoms with Crippen LogP contribution in [-0.4, -0.2) is 45.4 Å². The molecule has 1 rings (SSSR count). The van der Waals surface area contributed by atoms with Crippen molar-refractivity contribution in [3.8, 4) is 0 Å². The third kappa shape index (κ3) is 3.81. The molecule has 0 radical (unpaired) electrons. The minimum absolute atomic E-state index is 0.220. The van der Waals surface area contributed by atoms with Crippen molar-refractivity contribution in [3.05, 3.63) is 18.2 Å². The van der Waals surface area contributed by atoms with Crippen LogP contribution in [0, 0.1) is 0 Å². The summed E-state index contributed by atoms with van der Waals surface area (Å²) in [5.41, 5.74) is 0. The molecule has 0 aliphatic rings. The summed E-state index contributed by atoms with van der Waals surface area (Å²) in [6, 6.07) is 0.320. The minimum Gasteiger partial charge on any atom is -0.395 e. The molecule has 2 unspecified atom stereocenters. The Bertz CT molecular complexity index is 299. The molecule has 5 heteroatoms. The van der Waals surface area contributed by atoms with Crippen molar-refractivity contribution in [2.45, 2.75) is 24.6 Å². The molecule has 2 N–H and O–H groups in total. The smallest absolute Gasteiger partial charge is 0.109 e. The van der Waals surface area contributed by atoms with E-state index < -0.39 is 0 Å². The summed E-state index contributed by atoms with van der Waals surface area (Å²) in [7, 11) is 2.00. The van der Waals surface area contributed by atoms with Gasteiger partial charge in [0.2, 0.25) is 0 Å². The van der Waals surface area contributed by atoms with Crippen LogP contribution in [0.5, 0.6) is 0 Å². The van der Waals surface area contributed by atoms with E-state index >= 15 is 0 Å². The van der Waals surface area contributed by atoms with Crippen LogP contribution in [0.25, 0.3) is 0 Å². The van der Waals surface area contributed by atoms with E-state index in [1.807, 2.05) is 30.3 Å². The molecule has 0 aliphatic carbocycles. The lowest BCUT2D eigenvalue weighted by atomic mass is 10.2. The van der Waals surface area contributed by atoms with Crippen LogP contribution < -0.4 is 5.32 Å². The highest BCUT2D eigenvalue weighted by Gasteiger charge is 2.14. The van der Waals surface area contributed by atoms with Gasteiger partial charge in [-0.3, -0.25) is 0 Å². The molecule has 0 aliphatic heterocycles. The first-order chi connectivity index (χ1) is 7.69. The van der Waals surface area contributed by atoms with Crippen molar-refractivity contribution in [1.29, 1.82) is 0 Å². The lowest BCUT2D eigenvalue weighted by Crippen LogP contribution is -2.38. The van der Waals surface area contributed by atoms with Gasteiger partial charge < -0.3 is 15.0 Å². The van der Waals surface area contributed by atoms with Crippen LogP contribution in [0.4, 0.5) is 0 Å². The second-order valence-corrected chi connectivity index (χ2v) is 4.98. The number of aliphatic hydroxyl groups excluding tert-OH is 1. The fourth-order valence-corrected chi connectivity index (χ4v) is 2.27. The van der Waals surface area contributed by atoms with Crippen molar-refractivity contribution in [3.63, 3.8) is 0 Å². The van der Waals surface area contributed by atoms with Gasteiger partial charge in [-0.1, -0.05) is 0 Å². The second-order valence-electron chi connectivity index (χ2n) is 3.90. The summed E-state index contributed by atoms with van der Waals surface area (Å²) in [6.07, 6.45) is 6.71. The zero-order valence-electron chi connectivity index (χ0n) is 10.2. The first-order valence-electron chi connectivity index (χ1n) is 5.52. The number of imidazole rings is 1. The van der Waals surface area contributed by atoms with E-state index in [-0.39, 0.29) is 11.9 Å². The van der Waals surface area contributed by atoms with Gasteiger partial charge in [-0.05, 0) is 13.2 Å². The third-order valence-corrected chi connectivity index (χ3v) is 3.94. The maximum Gasteiger partial charge on any atom is 0.109 e. The zero-order chi connectivity index (χ0) is 12.0. The molecule has 1 aromatic heterocycles. The van der Waals surface area contributed by atoms with E-state index in [4.69, 9.17) is 5.11 Å². The van der Waals surface area contributed by atoms with E-state index in [0.717, 1.165) is 18.8 Å². The Morgan fingerprint density at radius 3 is 2.88 bits per heavy atom. The predicted molar refractivity (Wildman–Crippen MR) is 68.8 cm³/mol. The summed E-state index contributed by atoms with van der Waals surface area (Å²) in [5.74, 6) is 1.09. The van der Waals surface area contributed by atoms with Crippen molar-refractivity contribution in [2.24, 2.45) is 7.05 Å². The number of thioether (sulfide) groups is 1. The standard InChI is InChI=1S/C11H21N3OS/c1-9(10(8-15)16-3)12-5-4-11-13-6-7-14(11)2/h6-7,9-10,12,15H,4-5,8H2,1-3H3. The molecule has 0 amide bonds. The van der Waals surface area contributed by atoms with Crippen LogP contribution in [0.1, 0.15) is 12.7 Å². The third-order valence-electron chi connectivity index (χ3n) is 2.78. The molecular weight excluding hydrogens is 222 g/mol. The normalized spacial score (nSPS) is 15.0. The lowest BCUT2D eigenvalue weighted by Gasteiger charge is -2.21. The highest BCUT2D eigenvalue weighted by atomic mass is 32.2. The first kappa shape index (κ1) is 13.5. The number of hydrogen-bond acceptors (Lipinski definition) is 4. The molecule has 0 fully saturated rings. The fraction of sp³-hybridized carbons (Fsp3) is 0.727. The second kappa shape index (κ2) is 6.93. The molecule has 16 heavy (non-hydrogen) atoms. The predicted octanol–water partition coefficient (Wildman–Crippen LogP) is 0.665. The Hall–Kier alpha value is -0.520. The highest BCUT2D eigenvalue weighted by Crippen LogP contribution is 2.10. The van der Waals surface area contributed by atoms with E-state index in [9.17, 15) is 0 Å². The van der Waals surface area contributed by atoms with Crippen molar-refractivity contribution in [2.75, 3.05) is 19.4 Å². The highest BCUT2D eigenvalue weighted by molar-refractivity contribution is 7.99. The van der Waals surface area contributed by atoms with Gasteiger partial charge in [0.15, 0.2) is 0 Å². The van der Waals surface area contributed by atoms with Gasteiger partial charge in [-0.2, -0.15) is 11.8 Å². The summed E-state index contributed by atoms with van der Waals surface area (Å²) in [4.78, 5) is 4.27. The molecule has 4 nitrogen and oxygen atoms in total. The zero-order valence-corrected chi connectivity index (χ0v) is 11.0. The summed E-state index contributed by atoms with van der Waals surface area (Å²) in [6.45, 7) is 3.22. The van der Waals surface area contributed by atoms with Crippen LogP contribution in [0.2, 0.25) is 0 Å². The van der Waals surface area contributed by atoms with Crippen LogP contribution >= 0.6 is 11.8 Å². The molecule has 0 bridgehead atoms. The maximum atomic E-state index is 9.15. The number of aliphatic hydroxyl groups is 1. The molecular formula is C11H21N3OS. The van der Waals surface area contributed by atoms with Crippen molar-refractivity contribution >= 4 is 11.8 Å². The Morgan fingerprint density at radius 2 is 2.38 bits per heavy atom. The Balaban J connectivity index is 2.27. The Labute approximate surface area is 101 Å². The first-order valence-corrected chi connectivity index (χ1v) is 6.81. The Kier molecular flexibility index (Phi) is 5.87. The fourth-order valence-electron chi connectivity index (χ4n) is 1.62. The molecule has 0 spiro atoms. The number of hydrogen-bond donors (Lipinski definition) is 2. The number of nitrogens with zero attached hydrogens (tertiary/aromatic N) is 2. The average Bonchev–Trinajstić information content (AvgIpc) is 2.66. The minimum atomic E-state index is 0.220. The van der Waals surface area contributed by atoms with E-state index in [0.29, 0.717) is 6.04 Å². The topological polar surface area (TPSA) is 50.1 Å². The number of rotatable bonds is 7. The maximum absolute atomic E-state index is 9.15. The van der Waals surface area contributed by atoms with Gasteiger partial charge in [0.1, 0.15) is 5.82 Å². The molecule has 1 heterocycles. The number of aryl methyl sites for hydroxylation is 1. The van der Waals surface area contributed by atoms with Gasteiger partial charge in [0, 0.05) is 43.7 Å². The van der Waals surface area contributed by atoms with Crippen molar-refractivity contribution < 1.29 is 5.11 Å². The van der Waals surface area contributed by atoms with Crippen molar-refractivity contribution in [1.82, 2.24) is 14.9 Å². The number of nitrogens with one attached hydrogen (secondary N) is 1.